The molecular formula is C28H26N2O4S. The van der Waals surface area contributed by atoms with Gasteiger partial charge in [0.15, 0.2) is 9.84 Å². The van der Waals surface area contributed by atoms with E-state index in [-0.39, 0.29) is 16.6 Å². The van der Waals surface area contributed by atoms with Crippen LogP contribution in [-0.4, -0.2) is 42.4 Å². The molecule has 0 atom stereocenters. The molecule has 1 saturated heterocycles. The maximum Gasteiger partial charge on any atom is 0.253 e. The van der Waals surface area contributed by atoms with Crippen LogP contribution in [-0.2, 0) is 21.2 Å². The van der Waals surface area contributed by atoms with Crippen LogP contribution in [0, 0.1) is 0 Å². The number of aromatic nitrogens is 1. The minimum absolute atomic E-state index is 0.118. The number of hydrogen-bond donors (Lipinski definition) is 1. The molecule has 5 rings (SSSR count). The van der Waals surface area contributed by atoms with Crippen LogP contribution in [0.4, 0.5) is 0 Å². The van der Waals surface area contributed by atoms with Crippen molar-refractivity contribution in [3.8, 4) is 0 Å². The van der Waals surface area contributed by atoms with Gasteiger partial charge in [0.1, 0.15) is 0 Å². The predicted octanol–water partition coefficient (Wildman–Crippen LogP) is 4.33. The molecule has 6 nitrogen and oxygen atoms in total. The third-order valence-electron chi connectivity index (χ3n) is 6.68. The number of carbonyl (C=O) groups excluding carboxylic acids is 1. The summed E-state index contributed by atoms with van der Waals surface area (Å²) in [5, 5.41) is 11.8. The van der Waals surface area contributed by atoms with Crippen LogP contribution in [0.2, 0.25) is 0 Å². The van der Waals surface area contributed by atoms with Crippen LogP contribution >= 0.6 is 0 Å². The number of pyridine rings is 1. The Morgan fingerprint density at radius 1 is 0.886 bits per heavy atom. The number of rotatable bonds is 5. The van der Waals surface area contributed by atoms with E-state index >= 15 is 0 Å². The average molecular weight is 487 g/mol. The van der Waals surface area contributed by atoms with E-state index in [2.05, 4.69) is 4.98 Å². The second-order valence-corrected chi connectivity index (χ2v) is 10.9. The summed E-state index contributed by atoms with van der Waals surface area (Å²) >= 11 is 0. The number of amides is 1. The molecule has 35 heavy (non-hydrogen) atoms. The number of carbonyl (C=O) groups is 1. The van der Waals surface area contributed by atoms with Gasteiger partial charge < -0.3 is 10.0 Å². The molecule has 4 aromatic rings. The lowest BCUT2D eigenvalue weighted by atomic mass is 9.84. The van der Waals surface area contributed by atoms with Crippen LogP contribution in [0.25, 0.3) is 10.9 Å². The summed E-state index contributed by atoms with van der Waals surface area (Å²) in [6, 6.07) is 25.0. The standard InChI is InChI=1S/C28H26N2O4S/c31-27(30-18-15-28(32,16-19-30)24-8-2-1-3-9-24)23-13-11-21(12-14-23)20-35(33,34)25-10-4-6-22-7-5-17-29-26(22)25/h1-14,17,32H,15-16,18-20H2. The van der Waals surface area contributed by atoms with Crippen molar-refractivity contribution in [2.75, 3.05) is 13.1 Å². The van der Waals surface area contributed by atoms with Gasteiger partial charge >= 0.3 is 0 Å². The van der Waals surface area contributed by atoms with Gasteiger partial charge in [-0.3, -0.25) is 9.78 Å². The molecule has 1 N–H and O–H groups in total. The molecule has 0 unspecified atom stereocenters. The van der Waals surface area contributed by atoms with Crippen molar-refractivity contribution in [2.45, 2.75) is 29.1 Å². The zero-order valence-electron chi connectivity index (χ0n) is 19.2. The minimum atomic E-state index is -3.62. The maximum absolute atomic E-state index is 13.1. The maximum atomic E-state index is 13.1. The van der Waals surface area contributed by atoms with Crippen molar-refractivity contribution < 1.29 is 18.3 Å². The summed E-state index contributed by atoms with van der Waals surface area (Å²) in [5.74, 6) is -0.293. The molecule has 0 radical (unpaired) electrons. The predicted molar refractivity (Wildman–Crippen MR) is 135 cm³/mol. The summed E-state index contributed by atoms with van der Waals surface area (Å²) in [6.45, 7) is 0.906. The summed E-state index contributed by atoms with van der Waals surface area (Å²) in [4.78, 5) is 19.2. The fraction of sp³-hybridized carbons (Fsp3) is 0.214. The molecule has 1 aromatic heterocycles. The van der Waals surface area contributed by atoms with E-state index in [1.165, 1.54) is 0 Å². The van der Waals surface area contributed by atoms with Crippen molar-refractivity contribution in [2.24, 2.45) is 0 Å². The fourth-order valence-electron chi connectivity index (χ4n) is 4.67. The Kier molecular flexibility index (Phi) is 6.13. The summed E-state index contributed by atoms with van der Waals surface area (Å²) < 4.78 is 26.2. The number of aliphatic hydroxyl groups is 1. The molecular weight excluding hydrogens is 460 g/mol. The SMILES string of the molecule is O=C(c1ccc(CS(=O)(=O)c2cccc3cccnc23)cc1)N1CCC(O)(c2ccccc2)CC1. The molecule has 0 saturated carbocycles. The number of para-hydroxylation sites is 1. The Morgan fingerprint density at radius 2 is 1.57 bits per heavy atom. The van der Waals surface area contributed by atoms with Gasteiger partial charge in [0.25, 0.3) is 5.91 Å². The van der Waals surface area contributed by atoms with E-state index in [4.69, 9.17) is 0 Å². The van der Waals surface area contributed by atoms with Crippen LogP contribution in [0.1, 0.15) is 34.3 Å². The highest BCUT2D eigenvalue weighted by Crippen LogP contribution is 2.33. The Balaban J connectivity index is 1.27. The summed E-state index contributed by atoms with van der Waals surface area (Å²) in [7, 11) is -3.62. The normalized spacial score (nSPS) is 15.7. The second-order valence-electron chi connectivity index (χ2n) is 8.98. The van der Waals surface area contributed by atoms with Crippen LogP contribution in [0.5, 0.6) is 0 Å². The number of likely N-dealkylation sites (tertiary alicyclic amines) is 1. The number of nitrogens with zero attached hydrogens (tertiary/aromatic N) is 2. The molecule has 178 valence electrons. The quantitative estimate of drug-likeness (QED) is 0.454. The van der Waals surface area contributed by atoms with Crippen molar-refractivity contribution in [3.05, 3.63) is 108 Å². The molecule has 2 heterocycles. The first-order valence-electron chi connectivity index (χ1n) is 11.6. The van der Waals surface area contributed by atoms with Gasteiger partial charge in [-0.2, -0.15) is 0 Å². The number of piperidine rings is 1. The molecule has 1 aliphatic heterocycles. The van der Waals surface area contributed by atoms with Crippen LogP contribution in [0.15, 0.2) is 96.0 Å². The van der Waals surface area contributed by atoms with E-state index in [9.17, 15) is 18.3 Å². The first-order valence-corrected chi connectivity index (χ1v) is 13.2. The van der Waals surface area contributed by atoms with E-state index in [0.717, 1.165) is 10.9 Å². The summed E-state index contributed by atoms with van der Waals surface area (Å²) in [5.41, 5.74) is 1.52. The number of hydrogen-bond acceptors (Lipinski definition) is 5. The fourth-order valence-corrected chi connectivity index (χ4v) is 6.21. The topological polar surface area (TPSA) is 87.6 Å². The highest BCUT2D eigenvalue weighted by Gasteiger charge is 2.35. The van der Waals surface area contributed by atoms with E-state index in [0.29, 0.717) is 42.6 Å². The van der Waals surface area contributed by atoms with Gasteiger partial charge in [0.05, 0.1) is 21.8 Å². The van der Waals surface area contributed by atoms with Crippen LogP contribution in [0.3, 0.4) is 0 Å². The number of fused-ring (bicyclic) bond motifs is 1. The highest BCUT2D eigenvalue weighted by atomic mass is 32.2. The lowest BCUT2D eigenvalue weighted by molar-refractivity contribution is -0.0211. The number of sulfone groups is 1. The zero-order chi connectivity index (χ0) is 24.5. The van der Waals surface area contributed by atoms with Gasteiger partial charge in [0, 0.05) is 30.2 Å². The molecule has 0 spiro atoms. The van der Waals surface area contributed by atoms with Gasteiger partial charge in [-0.25, -0.2) is 8.42 Å². The molecule has 0 bridgehead atoms. The Bertz CT molecular complexity index is 1450. The Morgan fingerprint density at radius 3 is 2.29 bits per heavy atom. The van der Waals surface area contributed by atoms with Crippen molar-refractivity contribution in [3.63, 3.8) is 0 Å². The third-order valence-corrected chi connectivity index (χ3v) is 8.39. The smallest absolute Gasteiger partial charge is 0.253 e. The first-order chi connectivity index (χ1) is 16.9. The van der Waals surface area contributed by atoms with Crippen molar-refractivity contribution in [1.82, 2.24) is 9.88 Å². The molecule has 1 aliphatic rings. The molecule has 0 aliphatic carbocycles. The van der Waals surface area contributed by atoms with Crippen LogP contribution < -0.4 is 0 Å². The van der Waals surface area contributed by atoms with Gasteiger partial charge in [-0.05, 0) is 48.2 Å². The highest BCUT2D eigenvalue weighted by molar-refractivity contribution is 7.90. The summed E-state index contributed by atoms with van der Waals surface area (Å²) in [6.07, 6.45) is 2.53. The van der Waals surface area contributed by atoms with Gasteiger partial charge in [0.2, 0.25) is 0 Å². The average Bonchev–Trinajstić information content (AvgIpc) is 2.89. The van der Waals surface area contributed by atoms with Gasteiger partial charge in [-0.15, -0.1) is 0 Å². The van der Waals surface area contributed by atoms with Crippen molar-refractivity contribution in [1.29, 1.82) is 0 Å². The largest absolute Gasteiger partial charge is 0.385 e. The molecule has 1 amide bonds. The first kappa shape index (κ1) is 23.2. The molecule has 3 aromatic carbocycles. The Labute approximate surface area is 204 Å². The third kappa shape index (κ3) is 4.70. The Hall–Kier alpha value is -3.55. The van der Waals surface area contributed by atoms with E-state index < -0.39 is 15.4 Å². The zero-order valence-corrected chi connectivity index (χ0v) is 20.0. The lowest BCUT2D eigenvalue weighted by Gasteiger charge is -2.38. The monoisotopic (exact) mass is 486 g/mol. The van der Waals surface area contributed by atoms with E-state index in [1.54, 1.807) is 53.6 Å². The second kappa shape index (κ2) is 9.24. The molecule has 7 heteroatoms. The minimum Gasteiger partial charge on any atom is -0.385 e. The number of benzene rings is 3. The van der Waals surface area contributed by atoms with Gasteiger partial charge in [-0.1, -0.05) is 60.7 Å². The van der Waals surface area contributed by atoms with E-state index in [1.807, 2.05) is 42.5 Å². The lowest BCUT2D eigenvalue weighted by Crippen LogP contribution is -2.45. The molecule has 1 fully saturated rings. The van der Waals surface area contributed by atoms with Crippen molar-refractivity contribution >= 4 is 26.6 Å².